The number of aromatic hydroxyl groups is 1. The van der Waals surface area contributed by atoms with Gasteiger partial charge in [-0.05, 0) is 24.6 Å². The number of ether oxygens (including phenoxy) is 4. The van der Waals surface area contributed by atoms with Crippen LogP contribution in [0.4, 0.5) is 0 Å². The Morgan fingerprint density at radius 3 is 2.44 bits per heavy atom. The van der Waals surface area contributed by atoms with E-state index in [-0.39, 0.29) is 57.4 Å². The third-order valence-corrected chi connectivity index (χ3v) is 4.73. The molecule has 0 amide bonds. The van der Waals surface area contributed by atoms with Gasteiger partial charge >= 0.3 is 5.97 Å². The highest BCUT2D eigenvalue weighted by molar-refractivity contribution is 6.31. The number of phenolic OH excluding ortho intramolecular Hbond substituents is 1. The highest BCUT2D eigenvalue weighted by atomic mass is 16.7. The van der Waals surface area contributed by atoms with E-state index < -0.39 is 23.3 Å². The van der Waals surface area contributed by atoms with Crippen molar-refractivity contribution in [2.24, 2.45) is 0 Å². The summed E-state index contributed by atoms with van der Waals surface area (Å²) in [5.74, 6) is -1.94. The van der Waals surface area contributed by atoms with Gasteiger partial charge in [-0.2, -0.15) is 0 Å². The molecule has 0 spiro atoms. The van der Waals surface area contributed by atoms with E-state index in [1.807, 2.05) is 0 Å². The fourth-order valence-corrected chi connectivity index (χ4v) is 3.48. The first kappa shape index (κ1) is 16.9. The van der Waals surface area contributed by atoms with Crippen LogP contribution in [0.1, 0.15) is 47.8 Å². The summed E-state index contributed by atoms with van der Waals surface area (Å²) in [4.78, 5) is 38.4. The Labute approximate surface area is 153 Å². The monoisotopic (exact) mass is 370 g/mol. The van der Waals surface area contributed by atoms with Gasteiger partial charge in [-0.15, -0.1) is 0 Å². The van der Waals surface area contributed by atoms with Crippen LogP contribution in [0.3, 0.4) is 0 Å². The molecule has 1 aliphatic heterocycles. The molecule has 0 radical (unpaired) electrons. The van der Waals surface area contributed by atoms with Gasteiger partial charge in [0.05, 0.1) is 19.8 Å². The number of hydrogen-bond acceptors (Lipinski definition) is 8. The lowest BCUT2D eigenvalue weighted by atomic mass is 9.79. The maximum Gasteiger partial charge on any atom is 0.341 e. The topological polar surface area (TPSA) is 108 Å². The number of esters is 1. The van der Waals surface area contributed by atoms with Crippen LogP contribution >= 0.6 is 0 Å². The Hall–Kier alpha value is -3.55. The largest absolute Gasteiger partial charge is 0.504 e. The van der Waals surface area contributed by atoms with Crippen molar-refractivity contribution < 1.29 is 38.4 Å². The van der Waals surface area contributed by atoms with Gasteiger partial charge in [-0.1, -0.05) is 0 Å². The van der Waals surface area contributed by atoms with Crippen molar-refractivity contribution in [3.05, 3.63) is 45.5 Å². The molecule has 27 heavy (non-hydrogen) atoms. The molecule has 8 nitrogen and oxygen atoms in total. The molecule has 0 unspecified atom stereocenters. The average molecular weight is 370 g/mol. The van der Waals surface area contributed by atoms with Gasteiger partial charge < -0.3 is 24.1 Å². The number of fused-ring (bicyclic) bond motifs is 3. The summed E-state index contributed by atoms with van der Waals surface area (Å²) in [7, 11) is 2.55. The molecular weight excluding hydrogens is 356 g/mol. The minimum absolute atomic E-state index is 0.00141. The first-order chi connectivity index (χ1) is 12.9. The Morgan fingerprint density at radius 2 is 1.78 bits per heavy atom. The van der Waals surface area contributed by atoms with Crippen molar-refractivity contribution in [3.63, 3.8) is 0 Å². The molecule has 0 aromatic heterocycles. The van der Waals surface area contributed by atoms with Crippen LogP contribution in [0.15, 0.2) is 12.1 Å². The molecule has 1 heterocycles. The molecule has 1 N–H and O–H groups in total. The van der Waals surface area contributed by atoms with Crippen LogP contribution in [-0.4, -0.2) is 43.7 Å². The summed E-state index contributed by atoms with van der Waals surface area (Å²) in [5.41, 5.74) is 0.193. The Kier molecular flexibility index (Phi) is 3.59. The Balaban J connectivity index is 2.04. The van der Waals surface area contributed by atoms with Crippen LogP contribution in [-0.2, 0) is 4.74 Å². The molecule has 0 fully saturated rings. The van der Waals surface area contributed by atoms with Gasteiger partial charge in [-0.3, -0.25) is 9.59 Å². The van der Waals surface area contributed by atoms with Crippen molar-refractivity contribution in [1.29, 1.82) is 0 Å². The lowest BCUT2D eigenvalue weighted by Gasteiger charge is -2.23. The summed E-state index contributed by atoms with van der Waals surface area (Å²) in [6, 6.07) is 2.70. The zero-order valence-electron chi connectivity index (χ0n) is 14.7. The SMILES string of the molecule is COC(=O)c1c(OC)cc2c(c1C)C(=O)c1c(cc3c(c1O)OCO3)C2=O. The van der Waals surface area contributed by atoms with Crippen LogP contribution in [0.2, 0.25) is 0 Å². The number of ketones is 2. The molecule has 0 saturated heterocycles. The van der Waals surface area contributed by atoms with Gasteiger partial charge in [0.15, 0.2) is 23.1 Å². The van der Waals surface area contributed by atoms with Crippen molar-refractivity contribution in [1.82, 2.24) is 0 Å². The highest BCUT2D eigenvalue weighted by Gasteiger charge is 2.39. The van der Waals surface area contributed by atoms with E-state index in [2.05, 4.69) is 0 Å². The predicted molar refractivity (Wildman–Crippen MR) is 90.2 cm³/mol. The van der Waals surface area contributed by atoms with Gasteiger partial charge in [0.1, 0.15) is 11.3 Å². The number of methoxy groups -OCH3 is 2. The number of carbonyl (C=O) groups is 3. The molecule has 2 aromatic rings. The van der Waals surface area contributed by atoms with Crippen LogP contribution in [0.25, 0.3) is 0 Å². The van der Waals surface area contributed by atoms with Gasteiger partial charge in [-0.25, -0.2) is 4.79 Å². The molecule has 2 aliphatic rings. The van der Waals surface area contributed by atoms with E-state index in [4.69, 9.17) is 18.9 Å². The minimum atomic E-state index is -0.701. The molecule has 2 aromatic carbocycles. The van der Waals surface area contributed by atoms with Gasteiger partial charge in [0.2, 0.25) is 12.5 Å². The molecule has 4 rings (SSSR count). The standard InChI is InChI=1S/C19H14O8/c1-7-12-8(4-10(24-2)13(7)19(23)25-3)15(20)9-5-11-18(27-6-26-11)17(22)14(9)16(12)21/h4-5,22H,6H2,1-3H3. The van der Waals surface area contributed by atoms with E-state index in [9.17, 15) is 19.5 Å². The normalized spacial score (nSPS) is 13.9. The van der Waals surface area contributed by atoms with E-state index in [1.165, 1.54) is 33.3 Å². The number of benzene rings is 2. The van der Waals surface area contributed by atoms with Crippen molar-refractivity contribution >= 4 is 17.5 Å². The van der Waals surface area contributed by atoms with Crippen LogP contribution in [0, 0.1) is 6.92 Å². The van der Waals surface area contributed by atoms with E-state index in [0.29, 0.717) is 0 Å². The predicted octanol–water partition coefficient (Wildman–Crippen LogP) is 2.00. The van der Waals surface area contributed by atoms with E-state index in [0.717, 1.165) is 0 Å². The number of hydrogen-bond donors (Lipinski definition) is 1. The number of carbonyl (C=O) groups excluding carboxylic acids is 3. The fourth-order valence-electron chi connectivity index (χ4n) is 3.48. The van der Waals surface area contributed by atoms with E-state index in [1.54, 1.807) is 0 Å². The summed E-state index contributed by atoms with van der Waals surface area (Å²) >= 11 is 0. The smallest absolute Gasteiger partial charge is 0.341 e. The minimum Gasteiger partial charge on any atom is -0.504 e. The molecular formula is C19H14O8. The van der Waals surface area contributed by atoms with Crippen molar-refractivity contribution in [2.45, 2.75) is 6.92 Å². The third-order valence-electron chi connectivity index (χ3n) is 4.73. The molecule has 8 heteroatoms. The van der Waals surface area contributed by atoms with Crippen molar-refractivity contribution in [2.75, 3.05) is 21.0 Å². The lowest BCUT2D eigenvalue weighted by molar-refractivity contribution is 0.0595. The maximum atomic E-state index is 13.2. The summed E-state index contributed by atoms with van der Waals surface area (Å²) in [5, 5.41) is 10.5. The second kappa shape index (κ2) is 5.73. The Bertz CT molecular complexity index is 1050. The number of phenols is 1. The lowest BCUT2D eigenvalue weighted by Crippen LogP contribution is -2.24. The van der Waals surface area contributed by atoms with E-state index >= 15 is 0 Å². The zero-order chi connectivity index (χ0) is 19.5. The Morgan fingerprint density at radius 1 is 1.07 bits per heavy atom. The van der Waals surface area contributed by atoms with Gasteiger partial charge in [0, 0.05) is 16.7 Å². The first-order valence-corrected chi connectivity index (χ1v) is 7.95. The highest BCUT2D eigenvalue weighted by Crippen LogP contribution is 2.48. The average Bonchev–Trinajstić information content (AvgIpc) is 3.13. The van der Waals surface area contributed by atoms with Crippen LogP contribution < -0.4 is 14.2 Å². The molecule has 1 aliphatic carbocycles. The summed E-state index contributed by atoms with van der Waals surface area (Å²) in [6.45, 7) is 1.40. The van der Waals surface area contributed by atoms with Crippen LogP contribution in [0.5, 0.6) is 23.0 Å². The first-order valence-electron chi connectivity index (χ1n) is 7.95. The zero-order valence-corrected chi connectivity index (χ0v) is 14.7. The molecule has 0 bridgehead atoms. The maximum absolute atomic E-state index is 13.2. The quantitative estimate of drug-likeness (QED) is 0.683. The molecule has 138 valence electrons. The second-order valence-electron chi connectivity index (χ2n) is 6.03. The summed E-state index contributed by atoms with van der Waals surface area (Å²) in [6.07, 6.45) is 0. The molecule has 0 atom stereocenters. The van der Waals surface area contributed by atoms with Gasteiger partial charge in [0.25, 0.3) is 0 Å². The second-order valence-corrected chi connectivity index (χ2v) is 6.03. The number of rotatable bonds is 2. The molecule has 0 saturated carbocycles. The summed E-state index contributed by atoms with van der Waals surface area (Å²) < 4.78 is 20.4. The van der Waals surface area contributed by atoms with Crippen molar-refractivity contribution in [3.8, 4) is 23.0 Å². The third kappa shape index (κ3) is 2.13. The fraction of sp³-hybridized carbons (Fsp3) is 0.211.